The lowest BCUT2D eigenvalue weighted by molar-refractivity contribution is 0.402. The molecule has 0 radical (unpaired) electrons. The standard InChI is InChI=1S/C10H13ClN2O/c1-14-9-5-10(11)13-6-7(9)8-3-2-4-12-8/h5-6,8,12H,2-4H2,1H3/t8-/m1/s1. The van der Waals surface area contributed by atoms with Crippen LogP contribution in [0.25, 0.3) is 0 Å². The third-order valence-electron chi connectivity index (χ3n) is 2.52. The van der Waals surface area contributed by atoms with Gasteiger partial charge in [-0.1, -0.05) is 11.6 Å². The maximum Gasteiger partial charge on any atom is 0.132 e. The van der Waals surface area contributed by atoms with Crippen LogP contribution in [0.2, 0.25) is 5.15 Å². The van der Waals surface area contributed by atoms with Crippen molar-refractivity contribution in [3.8, 4) is 5.75 Å². The van der Waals surface area contributed by atoms with Gasteiger partial charge < -0.3 is 10.1 Å². The fourth-order valence-corrected chi connectivity index (χ4v) is 1.96. The average molecular weight is 213 g/mol. The van der Waals surface area contributed by atoms with Gasteiger partial charge in [-0.15, -0.1) is 0 Å². The molecule has 1 aromatic heterocycles. The molecule has 14 heavy (non-hydrogen) atoms. The molecule has 1 aromatic rings. The maximum absolute atomic E-state index is 5.79. The first kappa shape index (κ1) is 9.74. The first-order valence-corrected chi connectivity index (χ1v) is 5.12. The van der Waals surface area contributed by atoms with E-state index in [2.05, 4.69) is 10.3 Å². The number of rotatable bonds is 2. The Balaban J connectivity index is 2.31. The first-order chi connectivity index (χ1) is 6.81. The van der Waals surface area contributed by atoms with Crippen molar-refractivity contribution in [2.45, 2.75) is 18.9 Å². The Hall–Kier alpha value is -0.800. The van der Waals surface area contributed by atoms with Crippen LogP contribution in [-0.4, -0.2) is 18.6 Å². The number of ether oxygens (including phenoxy) is 1. The van der Waals surface area contributed by atoms with Crippen molar-refractivity contribution >= 4 is 11.6 Å². The molecule has 1 aliphatic heterocycles. The molecule has 0 saturated carbocycles. The highest BCUT2D eigenvalue weighted by molar-refractivity contribution is 6.29. The van der Waals surface area contributed by atoms with Crippen LogP contribution in [0.3, 0.4) is 0 Å². The Morgan fingerprint density at radius 2 is 2.50 bits per heavy atom. The van der Waals surface area contributed by atoms with Gasteiger partial charge in [0.1, 0.15) is 10.9 Å². The second-order valence-corrected chi connectivity index (χ2v) is 3.79. The Kier molecular flexibility index (Phi) is 2.89. The number of pyridine rings is 1. The Morgan fingerprint density at radius 3 is 3.14 bits per heavy atom. The van der Waals surface area contributed by atoms with Crippen LogP contribution in [0, 0.1) is 0 Å². The Morgan fingerprint density at radius 1 is 1.64 bits per heavy atom. The highest BCUT2D eigenvalue weighted by Gasteiger charge is 2.20. The number of aromatic nitrogens is 1. The van der Waals surface area contributed by atoms with Crippen LogP contribution < -0.4 is 10.1 Å². The van der Waals surface area contributed by atoms with Crippen LogP contribution >= 0.6 is 11.6 Å². The fourth-order valence-electron chi connectivity index (χ4n) is 1.81. The normalized spacial score (nSPS) is 21.1. The molecule has 0 aliphatic carbocycles. The number of halogens is 1. The summed E-state index contributed by atoms with van der Waals surface area (Å²) in [6.07, 6.45) is 4.14. The molecule has 1 N–H and O–H groups in total. The second-order valence-electron chi connectivity index (χ2n) is 3.40. The first-order valence-electron chi connectivity index (χ1n) is 4.74. The minimum absolute atomic E-state index is 0.370. The van der Waals surface area contributed by atoms with E-state index in [0.29, 0.717) is 11.2 Å². The Bertz CT molecular complexity index is 324. The van der Waals surface area contributed by atoms with Crippen LogP contribution in [-0.2, 0) is 0 Å². The lowest BCUT2D eigenvalue weighted by Crippen LogP contribution is -2.14. The third kappa shape index (κ3) is 1.83. The van der Waals surface area contributed by atoms with Gasteiger partial charge in [0, 0.05) is 23.9 Å². The highest BCUT2D eigenvalue weighted by Crippen LogP contribution is 2.31. The topological polar surface area (TPSA) is 34.1 Å². The third-order valence-corrected chi connectivity index (χ3v) is 2.72. The number of methoxy groups -OCH3 is 1. The number of nitrogens with zero attached hydrogens (tertiary/aromatic N) is 1. The van der Waals surface area contributed by atoms with Crippen LogP contribution in [0.1, 0.15) is 24.4 Å². The van der Waals surface area contributed by atoms with Gasteiger partial charge in [0.15, 0.2) is 0 Å². The van der Waals surface area contributed by atoms with E-state index in [1.54, 1.807) is 19.4 Å². The van der Waals surface area contributed by atoms with E-state index in [1.807, 2.05) is 0 Å². The Labute approximate surface area is 88.4 Å². The van der Waals surface area contributed by atoms with Crippen molar-refractivity contribution in [3.63, 3.8) is 0 Å². The molecule has 0 aromatic carbocycles. The fraction of sp³-hybridized carbons (Fsp3) is 0.500. The van der Waals surface area contributed by atoms with Crippen molar-refractivity contribution in [2.75, 3.05) is 13.7 Å². The summed E-state index contributed by atoms with van der Waals surface area (Å²) in [5.41, 5.74) is 1.11. The molecule has 0 unspecified atom stereocenters. The molecule has 0 spiro atoms. The van der Waals surface area contributed by atoms with Gasteiger partial charge in [-0.3, -0.25) is 0 Å². The van der Waals surface area contributed by atoms with Crippen molar-refractivity contribution in [2.24, 2.45) is 0 Å². The highest BCUT2D eigenvalue weighted by atomic mass is 35.5. The quantitative estimate of drug-likeness (QED) is 0.763. The molecule has 4 heteroatoms. The van der Waals surface area contributed by atoms with E-state index in [4.69, 9.17) is 16.3 Å². The van der Waals surface area contributed by atoms with Crippen molar-refractivity contribution in [1.82, 2.24) is 10.3 Å². The van der Waals surface area contributed by atoms with Crippen LogP contribution in [0.15, 0.2) is 12.3 Å². The van der Waals surface area contributed by atoms with Crippen molar-refractivity contribution in [3.05, 3.63) is 23.0 Å². The summed E-state index contributed by atoms with van der Waals surface area (Å²) in [5, 5.41) is 3.88. The zero-order valence-corrected chi connectivity index (χ0v) is 8.84. The zero-order valence-electron chi connectivity index (χ0n) is 8.09. The second kappa shape index (κ2) is 4.15. The van der Waals surface area contributed by atoms with E-state index in [1.165, 1.54) is 6.42 Å². The van der Waals surface area contributed by atoms with E-state index in [0.717, 1.165) is 24.3 Å². The van der Waals surface area contributed by atoms with Crippen molar-refractivity contribution < 1.29 is 4.74 Å². The monoisotopic (exact) mass is 212 g/mol. The summed E-state index contributed by atoms with van der Waals surface area (Å²) in [5.74, 6) is 0.824. The molecule has 76 valence electrons. The predicted octanol–water partition coefficient (Wildman–Crippen LogP) is 2.17. The summed E-state index contributed by atoms with van der Waals surface area (Å²) in [7, 11) is 1.66. The van der Waals surface area contributed by atoms with Gasteiger partial charge >= 0.3 is 0 Å². The molecular weight excluding hydrogens is 200 g/mol. The predicted molar refractivity (Wildman–Crippen MR) is 55.8 cm³/mol. The average Bonchev–Trinajstić information content (AvgIpc) is 2.70. The minimum Gasteiger partial charge on any atom is -0.496 e. The van der Waals surface area contributed by atoms with Gasteiger partial charge in [0.2, 0.25) is 0 Å². The van der Waals surface area contributed by atoms with E-state index in [-0.39, 0.29) is 0 Å². The lowest BCUT2D eigenvalue weighted by Gasteiger charge is -2.14. The number of hydrogen-bond acceptors (Lipinski definition) is 3. The molecule has 0 bridgehead atoms. The van der Waals surface area contributed by atoms with E-state index >= 15 is 0 Å². The molecule has 1 fully saturated rings. The molecule has 2 heterocycles. The van der Waals surface area contributed by atoms with Crippen LogP contribution in [0.5, 0.6) is 5.75 Å². The van der Waals surface area contributed by atoms with Gasteiger partial charge in [0.05, 0.1) is 7.11 Å². The summed E-state index contributed by atoms with van der Waals surface area (Å²) in [6.45, 7) is 1.07. The molecule has 1 atom stereocenters. The molecule has 2 rings (SSSR count). The van der Waals surface area contributed by atoms with E-state index in [9.17, 15) is 0 Å². The summed E-state index contributed by atoms with van der Waals surface area (Å²) < 4.78 is 5.27. The minimum atomic E-state index is 0.370. The van der Waals surface area contributed by atoms with E-state index < -0.39 is 0 Å². The number of nitrogens with one attached hydrogen (secondary N) is 1. The molecular formula is C10H13ClN2O. The summed E-state index contributed by atoms with van der Waals surface area (Å²) >= 11 is 5.79. The molecule has 0 amide bonds. The zero-order chi connectivity index (χ0) is 9.97. The van der Waals surface area contributed by atoms with Gasteiger partial charge in [-0.2, -0.15) is 0 Å². The molecule has 1 saturated heterocycles. The largest absolute Gasteiger partial charge is 0.496 e. The number of hydrogen-bond donors (Lipinski definition) is 1. The van der Waals surface area contributed by atoms with Crippen molar-refractivity contribution in [1.29, 1.82) is 0 Å². The smallest absolute Gasteiger partial charge is 0.132 e. The SMILES string of the molecule is COc1cc(Cl)ncc1[C@H]1CCCN1. The molecule has 1 aliphatic rings. The summed E-state index contributed by atoms with van der Waals surface area (Å²) in [4.78, 5) is 4.08. The van der Waals surface area contributed by atoms with Gasteiger partial charge in [-0.05, 0) is 19.4 Å². The molecule has 3 nitrogen and oxygen atoms in total. The lowest BCUT2D eigenvalue weighted by atomic mass is 10.1. The summed E-state index contributed by atoms with van der Waals surface area (Å²) in [6, 6.07) is 2.13. The van der Waals surface area contributed by atoms with Crippen LogP contribution in [0.4, 0.5) is 0 Å². The van der Waals surface area contributed by atoms with Gasteiger partial charge in [-0.25, -0.2) is 4.98 Å². The maximum atomic E-state index is 5.79. The van der Waals surface area contributed by atoms with Gasteiger partial charge in [0.25, 0.3) is 0 Å².